The van der Waals surface area contributed by atoms with Crippen LogP contribution in [0.4, 0.5) is 5.69 Å². The molecule has 1 amide bonds. The molecule has 3 aromatic rings. The van der Waals surface area contributed by atoms with Crippen molar-refractivity contribution in [2.24, 2.45) is 0 Å². The lowest BCUT2D eigenvalue weighted by molar-refractivity contribution is 0.102. The van der Waals surface area contributed by atoms with E-state index >= 15 is 0 Å². The second-order valence-corrected chi connectivity index (χ2v) is 5.67. The maximum absolute atomic E-state index is 12.6. The summed E-state index contributed by atoms with van der Waals surface area (Å²) in [6.07, 6.45) is 0. The van der Waals surface area contributed by atoms with Gasteiger partial charge in [-0.05, 0) is 55.0 Å². The number of hydrogen-bond acceptors (Lipinski definition) is 4. The summed E-state index contributed by atoms with van der Waals surface area (Å²) in [6.45, 7) is 6.65. The van der Waals surface area contributed by atoms with Gasteiger partial charge in [-0.15, -0.1) is 5.10 Å². The van der Waals surface area contributed by atoms with Gasteiger partial charge >= 0.3 is 0 Å². The molecule has 0 spiro atoms. The Morgan fingerprint density at radius 3 is 2.75 bits per heavy atom. The Kier molecular flexibility index (Phi) is 4.37. The summed E-state index contributed by atoms with van der Waals surface area (Å²) in [6, 6.07) is 13.3. The van der Waals surface area contributed by atoms with Crippen molar-refractivity contribution in [1.82, 2.24) is 20.2 Å². The van der Waals surface area contributed by atoms with Gasteiger partial charge in [-0.2, -0.15) is 0 Å². The first-order valence-electron chi connectivity index (χ1n) is 7.83. The van der Waals surface area contributed by atoms with E-state index in [4.69, 9.17) is 0 Å². The number of carbonyl (C=O) groups excluding carboxylic acids is 1. The standard InChI is InChI=1S/C18H19N5O/c1-4-23-17(20-21-22-23)14-6-5-7-15(11-14)18(24)19-16-9-8-12(2)10-13(16)3/h5-11H,4H2,1-3H3,(H,19,24). The summed E-state index contributed by atoms with van der Waals surface area (Å²) >= 11 is 0. The van der Waals surface area contributed by atoms with Crippen molar-refractivity contribution >= 4 is 11.6 Å². The van der Waals surface area contributed by atoms with Crippen LogP contribution < -0.4 is 5.32 Å². The molecule has 0 aliphatic heterocycles. The van der Waals surface area contributed by atoms with Crippen molar-refractivity contribution in [3.05, 3.63) is 59.2 Å². The van der Waals surface area contributed by atoms with Crippen molar-refractivity contribution in [3.63, 3.8) is 0 Å². The number of nitrogens with one attached hydrogen (secondary N) is 1. The lowest BCUT2D eigenvalue weighted by Gasteiger charge is -2.10. The number of rotatable bonds is 4. The van der Waals surface area contributed by atoms with Gasteiger partial charge < -0.3 is 5.32 Å². The fraction of sp³-hybridized carbons (Fsp3) is 0.222. The molecule has 0 atom stereocenters. The van der Waals surface area contributed by atoms with Crippen molar-refractivity contribution in [1.29, 1.82) is 0 Å². The Bertz CT molecular complexity index is 885. The van der Waals surface area contributed by atoms with Crippen LogP contribution in [-0.2, 0) is 6.54 Å². The van der Waals surface area contributed by atoms with E-state index in [1.54, 1.807) is 16.8 Å². The number of carbonyl (C=O) groups is 1. The first kappa shape index (κ1) is 15.9. The molecule has 122 valence electrons. The smallest absolute Gasteiger partial charge is 0.255 e. The zero-order valence-electron chi connectivity index (χ0n) is 13.9. The van der Waals surface area contributed by atoms with E-state index in [2.05, 4.69) is 20.8 Å². The molecule has 0 saturated carbocycles. The third kappa shape index (κ3) is 3.17. The van der Waals surface area contributed by atoms with Crippen molar-refractivity contribution < 1.29 is 4.79 Å². The van der Waals surface area contributed by atoms with Crippen LogP contribution in [0.25, 0.3) is 11.4 Å². The van der Waals surface area contributed by atoms with E-state index in [0.29, 0.717) is 17.9 Å². The molecule has 0 unspecified atom stereocenters. The second kappa shape index (κ2) is 6.62. The molecule has 6 nitrogen and oxygen atoms in total. The molecule has 0 fully saturated rings. The Morgan fingerprint density at radius 2 is 2.00 bits per heavy atom. The predicted molar refractivity (Wildman–Crippen MR) is 92.8 cm³/mol. The fourth-order valence-electron chi connectivity index (χ4n) is 2.57. The Balaban J connectivity index is 1.87. The molecule has 0 bridgehead atoms. The zero-order valence-corrected chi connectivity index (χ0v) is 13.9. The monoisotopic (exact) mass is 321 g/mol. The first-order valence-corrected chi connectivity index (χ1v) is 7.83. The summed E-state index contributed by atoms with van der Waals surface area (Å²) in [4.78, 5) is 12.6. The average Bonchev–Trinajstić information content (AvgIpc) is 3.06. The van der Waals surface area contributed by atoms with E-state index in [1.165, 1.54) is 5.56 Å². The van der Waals surface area contributed by atoms with Gasteiger partial charge in [0, 0.05) is 23.4 Å². The predicted octanol–water partition coefficient (Wildman–Crippen LogP) is 3.23. The molecule has 1 aromatic heterocycles. The highest BCUT2D eigenvalue weighted by atomic mass is 16.1. The minimum Gasteiger partial charge on any atom is -0.322 e. The van der Waals surface area contributed by atoms with E-state index in [0.717, 1.165) is 16.8 Å². The number of benzene rings is 2. The fourth-order valence-corrected chi connectivity index (χ4v) is 2.57. The topological polar surface area (TPSA) is 72.7 Å². The van der Waals surface area contributed by atoms with E-state index in [1.807, 2.05) is 51.1 Å². The number of anilines is 1. The van der Waals surface area contributed by atoms with E-state index in [9.17, 15) is 4.79 Å². The molecular weight excluding hydrogens is 302 g/mol. The molecule has 0 aliphatic rings. The highest BCUT2D eigenvalue weighted by Gasteiger charge is 2.12. The number of hydrogen-bond donors (Lipinski definition) is 1. The molecular formula is C18H19N5O. The largest absolute Gasteiger partial charge is 0.322 e. The first-order chi connectivity index (χ1) is 11.6. The van der Waals surface area contributed by atoms with Gasteiger partial charge in [0.1, 0.15) is 0 Å². The van der Waals surface area contributed by atoms with Gasteiger partial charge in [0.2, 0.25) is 0 Å². The van der Waals surface area contributed by atoms with Crippen LogP contribution in [-0.4, -0.2) is 26.1 Å². The number of aromatic nitrogens is 4. The Labute approximate surface area is 140 Å². The molecule has 3 rings (SSSR count). The van der Waals surface area contributed by atoms with Crippen LogP contribution in [0.3, 0.4) is 0 Å². The van der Waals surface area contributed by atoms with Gasteiger partial charge in [0.15, 0.2) is 5.82 Å². The highest BCUT2D eigenvalue weighted by Crippen LogP contribution is 2.20. The minimum absolute atomic E-state index is 0.153. The van der Waals surface area contributed by atoms with Crippen LogP contribution in [0.5, 0.6) is 0 Å². The zero-order chi connectivity index (χ0) is 17.1. The molecule has 0 aliphatic carbocycles. The third-order valence-corrected chi connectivity index (χ3v) is 3.84. The van der Waals surface area contributed by atoms with Crippen LogP contribution in [0.2, 0.25) is 0 Å². The summed E-state index contributed by atoms with van der Waals surface area (Å²) in [7, 11) is 0. The van der Waals surface area contributed by atoms with Crippen molar-refractivity contribution in [2.45, 2.75) is 27.3 Å². The van der Waals surface area contributed by atoms with Gasteiger partial charge in [-0.3, -0.25) is 4.79 Å². The van der Waals surface area contributed by atoms with Gasteiger partial charge in [0.25, 0.3) is 5.91 Å². The SMILES string of the molecule is CCn1nnnc1-c1cccc(C(=O)Nc2ccc(C)cc2C)c1. The van der Waals surface area contributed by atoms with Crippen molar-refractivity contribution in [3.8, 4) is 11.4 Å². The quantitative estimate of drug-likeness (QED) is 0.800. The molecule has 0 radical (unpaired) electrons. The molecule has 1 N–H and O–H groups in total. The Morgan fingerprint density at radius 1 is 1.17 bits per heavy atom. The van der Waals surface area contributed by atoms with E-state index < -0.39 is 0 Å². The Hall–Kier alpha value is -3.02. The maximum Gasteiger partial charge on any atom is 0.255 e. The van der Waals surface area contributed by atoms with Gasteiger partial charge in [-0.25, -0.2) is 4.68 Å². The lowest BCUT2D eigenvalue weighted by Crippen LogP contribution is -2.13. The average molecular weight is 321 g/mol. The number of amides is 1. The molecule has 6 heteroatoms. The maximum atomic E-state index is 12.6. The van der Waals surface area contributed by atoms with Crippen LogP contribution in [0.15, 0.2) is 42.5 Å². The molecule has 1 heterocycles. The summed E-state index contributed by atoms with van der Waals surface area (Å²) in [5.41, 5.74) is 4.40. The lowest BCUT2D eigenvalue weighted by atomic mass is 10.1. The molecule has 0 saturated heterocycles. The third-order valence-electron chi connectivity index (χ3n) is 3.84. The number of tetrazole rings is 1. The van der Waals surface area contributed by atoms with Crippen LogP contribution >= 0.6 is 0 Å². The van der Waals surface area contributed by atoms with Gasteiger partial charge in [0.05, 0.1) is 0 Å². The second-order valence-electron chi connectivity index (χ2n) is 5.67. The summed E-state index contributed by atoms with van der Waals surface area (Å²) in [5.74, 6) is 0.498. The normalized spacial score (nSPS) is 10.6. The summed E-state index contributed by atoms with van der Waals surface area (Å²) < 4.78 is 1.70. The van der Waals surface area contributed by atoms with E-state index in [-0.39, 0.29) is 5.91 Å². The van der Waals surface area contributed by atoms with Crippen LogP contribution in [0, 0.1) is 13.8 Å². The number of nitrogens with zero attached hydrogens (tertiary/aromatic N) is 4. The van der Waals surface area contributed by atoms with Crippen molar-refractivity contribution in [2.75, 3.05) is 5.32 Å². The molecule has 2 aromatic carbocycles. The molecule has 24 heavy (non-hydrogen) atoms. The highest BCUT2D eigenvalue weighted by molar-refractivity contribution is 6.05. The number of aryl methyl sites for hydroxylation is 3. The van der Waals surface area contributed by atoms with Gasteiger partial charge in [-0.1, -0.05) is 29.8 Å². The minimum atomic E-state index is -0.153. The van der Waals surface area contributed by atoms with Crippen LogP contribution in [0.1, 0.15) is 28.4 Å². The summed E-state index contributed by atoms with van der Waals surface area (Å²) in [5, 5.41) is 14.6.